The van der Waals surface area contributed by atoms with Crippen LogP contribution in [0.2, 0.25) is 0 Å². The first kappa shape index (κ1) is 17.6. The van der Waals surface area contributed by atoms with E-state index < -0.39 is 0 Å². The molecule has 23 heavy (non-hydrogen) atoms. The summed E-state index contributed by atoms with van der Waals surface area (Å²) in [6, 6.07) is 7.54. The van der Waals surface area contributed by atoms with E-state index in [-0.39, 0.29) is 12.0 Å². The van der Waals surface area contributed by atoms with Crippen molar-refractivity contribution in [2.24, 2.45) is 12.8 Å². The molecule has 0 saturated carbocycles. The van der Waals surface area contributed by atoms with Crippen molar-refractivity contribution in [3.8, 4) is 0 Å². The third kappa shape index (κ3) is 3.95. The highest BCUT2D eigenvalue weighted by Gasteiger charge is 2.19. The molecular weight excluding hydrogens is 310 g/mol. The second-order valence-corrected chi connectivity index (χ2v) is 6.49. The van der Waals surface area contributed by atoms with Gasteiger partial charge in [-0.1, -0.05) is 30.8 Å². The fourth-order valence-electron chi connectivity index (χ4n) is 2.39. The highest BCUT2D eigenvalue weighted by atomic mass is 32.2. The van der Waals surface area contributed by atoms with Crippen LogP contribution in [0, 0.1) is 6.92 Å². The minimum Gasteiger partial charge on any atom is -0.465 e. The second kappa shape index (κ2) is 7.66. The number of aromatic nitrogens is 2. The monoisotopic (exact) mass is 333 g/mol. The lowest BCUT2D eigenvalue weighted by Gasteiger charge is -2.12. The number of hydrogen-bond acceptors (Lipinski definition) is 5. The molecule has 1 heterocycles. The lowest BCUT2D eigenvalue weighted by Crippen LogP contribution is -2.22. The van der Waals surface area contributed by atoms with Crippen molar-refractivity contribution in [1.29, 1.82) is 0 Å². The van der Waals surface area contributed by atoms with Crippen LogP contribution in [0.3, 0.4) is 0 Å². The Morgan fingerprint density at radius 3 is 2.78 bits per heavy atom. The van der Waals surface area contributed by atoms with Crippen molar-refractivity contribution in [1.82, 2.24) is 9.78 Å². The Balaban J connectivity index is 2.39. The van der Waals surface area contributed by atoms with Crippen LogP contribution in [-0.4, -0.2) is 28.9 Å². The molecule has 0 radical (unpaired) electrons. The smallest absolute Gasteiger partial charge is 0.339 e. The van der Waals surface area contributed by atoms with Crippen molar-refractivity contribution in [2.75, 3.05) is 7.11 Å². The topological polar surface area (TPSA) is 70.1 Å². The largest absolute Gasteiger partial charge is 0.465 e. The van der Waals surface area contributed by atoms with Gasteiger partial charge in [0.2, 0.25) is 0 Å². The number of aryl methyl sites for hydroxylation is 2. The molecule has 5 nitrogen and oxygen atoms in total. The number of nitrogens with zero attached hydrogens (tertiary/aromatic N) is 2. The molecular formula is C17H23N3O2S. The van der Waals surface area contributed by atoms with E-state index in [1.54, 1.807) is 6.07 Å². The van der Waals surface area contributed by atoms with E-state index in [4.69, 9.17) is 10.5 Å². The van der Waals surface area contributed by atoms with Crippen LogP contribution in [0.4, 0.5) is 0 Å². The minimum absolute atomic E-state index is 0.105. The number of methoxy groups -OCH3 is 1. The Bertz CT molecular complexity index is 697. The molecule has 0 fully saturated rings. The van der Waals surface area contributed by atoms with Crippen molar-refractivity contribution in [3.63, 3.8) is 0 Å². The summed E-state index contributed by atoms with van der Waals surface area (Å²) in [7, 11) is 3.31. The summed E-state index contributed by atoms with van der Waals surface area (Å²) in [5.74, 6) is -0.334. The fraction of sp³-hybridized carbons (Fsp3) is 0.412. The molecule has 1 unspecified atom stereocenters. The average molecular weight is 333 g/mol. The summed E-state index contributed by atoms with van der Waals surface area (Å²) >= 11 is 1.53. The van der Waals surface area contributed by atoms with Gasteiger partial charge in [-0.15, -0.1) is 0 Å². The van der Waals surface area contributed by atoms with Crippen LogP contribution < -0.4 is 5.73 Å². The Hall–Kier alpha value is -1.79. The summed E-state index contributed by atoms with van der Waals surface area (Å²) in [5.41, 5.74) is 8.81. The first-order chi connectivity index (χ1) is 11.0. The maximum Gasteiger partial charge on any atom is 0.339 e. The van der Waals surface area contributed by atoms with Gasteiger partial charge in [-0.05, 0) is 31.9 Å². The van der Waals surface area contributed by atoms with Gasteiger partial charge < -0.3 is 10.5 Å². The third-order valence-electron chi connectivity index (χ3n) is 3.78. The second-order valence-electron chi connectivity index (χ2n) is 5.45. The van der Waals surface area contributed by atoms with Crippen LogP contribution in [0.25, 0.3) is 0 Å². The van der Waals surface area contributed by atoms with E-state index in [0.717, 1.165) is 34.0 Å². The molecule has 1 aromatic heterocycles. The van der Waals surface area contributed by atoms with Gasteiger partial charge in [-0.3, -0.25) is 4.68 Å². The molecule has 0 aliphatic rings. The molecule has 2 rings (SSSR count). The number of hydrogen-bond donors (Lipinski definition) is 1. The molecule has 2 aromatic rings. The summed E-state index contributed by atoms with van der Waals surface area (Å²) in [4.78, 5) is 12.8. The fourth-order valence-corrected chi connectivity index (χ4v) is 3.53. The van der Waals surface area contributed by atoms with Crippen LogP contribution >= 0.6 is 11.8 Å². The van der Waals surface area contributed by atoms with Crippen molar-refractivity contribution in [2.45, 2.75) is 42.7 Å². The zero-order valence-corrected chi connectivity index (χ0v) is 14.8. The van der Waals surface area contributed by atoms with E-state index >= 15 is 0 Å². The highest BCUT2D eigenvalue weighted by Crippen LogP contribution is 2.34. The number of esters is 1. The van der Waals surface area contributed by atoms with E-state index in [1.165, 1.54) is 18.9 Å². The van der Waals surface area contributed by atoms with Gasteiger partial charge in [-0.25, -0.2) is 4.79 Å². The summed E-state index contributed by atoms with van der Waals surface area (Å²) in [5, 5.41) is 5.53. The lowest BCUT2D eigenvalue weighted by atomic mass is 10.1. The maximum atomic E-state index is 11.9. The van der Waals surface area contributed by atoms with Crippen molar-refractivity contribution in [3.05, 3.63) is 41.1 Å². The van der Waals surface area contributed by atoms with E-state index in [2.05, 4.69) is 12.0 Å². The molecule has 1 atom stereocenters. The number of rotatable bonds is 6. The van der Waals surface area contributed by atoms with Gasteiger partial charge in [0.25, 0.3) is 0 Å². The summed E-state index contributed by atoms with van der Waals surface area (Å²) in [6.07, 6.45) is 1.69. The minimum atomic E-state index is -0.334. The Kier molecular flexibility index (Phi) is 5.85. The van der Waals surface area contributed by atoms with Gasteiger partial charge in [0, 0.05) is 23.5 Å². The quantitative estimate of drug-likeness (QED) is 0.823. The SMILES string of the molecule is CCC(N)Cc1c(C)nn(C)c1Sc1ccccc1C(=O)OC. The third-order valence-corrected chi connectivity index (χ3v) is 5.06. The predicted octanol–water partition coefficient (Wildman–Crippen LogP) is 2.95. The summed E-state index contributed by atoms with van der Waals surface area (Å²) in [6.45, 7) is 4.07. The van der Waals surface area contributed by atoms with E-state index in [1.807, 2.05) is 36.9 Å². The van der Waals surface area contributed by atoms with Gasteiger partial charge in [0.05, 0.1) is 18.4 Å². The lowest BCUT2D eigenvalue weighted by molar-refractivity contribution is 0.0597. The molecule has 2 N–H and O–H groups in total. The van der Waals surface area contributed by atoms with E-state index in [0.29, 0.717) is 5.56 Å². The van der Waals surface area contributed by atoms with Crippen molar-refractivity contribution < 1.29 is 9.53 Å². The normalized spacial score (nSPS) is 12.2. The van der Waals surface area contributed by atoms with Crippen LogP contribution in [0.1, 0.15) is 35.0 Å². The first-order valence-electron chi connectivity index (χ1n) is 7.61. The average Bonchev–Trinajstić information content (AvgIpc) is 2.81. The number of carbonyl (C=O) groups is 1. The molecule has 1 aromatic carbocycles. The Labute approximate surface area is 141 Å². The molecule has 124 valence electrons. The number of benzene rings is 1. The zero-order chi connectivity index (χ0) is 17.0. The zero-order valence-electron chi connectivity index (χ0n) is 14.0. The van der Waals surface area contributed by atoms with E-state index in [9.17, 15) is 4.79 Å². The van der Waals surface area contributed by atoms with Crippen LogP contribution in [-0.2, 0) is 18.2 Å². The molecule has 0 aliphatic carbocycles. The van der Waals surface area contributed by atoms with Gasteiger partial charge in [0.1, 0.15) is 5.03 Å². The Morgan fingerprint density at radius 1 is 1.43 bits per heavy atom. The molecule has 0 saturated heterocycles. The standard InChI is InChI=1S/C17H23N3O2S/c1-5-12(18)10-14-11(2)19-20(3)16(14)23-15-9-7-6-8-13(15)17(21)22-4/h6-9,12H,5,10,18H2,1-4H3. The molecule has 6 heteroatoms. The molecule has 0 amide bonds. The van der Waals surface area contributed by atoms with Crippen molar-refractivity contribution >= 4 is 17.7 Å². The maximum absolute atomic E-state index is 11.9. The summed E-state index contributed by atoms with van der Waals surface area (Å²) < 4.78 is 6.72. The highest BCUT2D eigenvalue weighted by molar-refractivity contribution is 7.99. The van der Waals surface area contributed by atoms with Gasteiger partial charge in [0.15, 0.2) is 0 Å². The number of ether oxygens (including phenoxy) is 1. The van der Waals surface area contributed by atoms with Crippen LogP contribution in [0.15, 0.2) is 34.2 Å². The van der Waals surface area contributed by atoms with Gasteiger partial charge in [-0.2, -0.15) is 5.10 Å². The first-order valence-corrected chi connectivity index (χ1v) is 8.42. The van der Waals surface area contributed by atoms with Gasteiger partial charge >= 0.3 is 5.97 Å². The van der Waals surface area contributed by atoms with Crippen LogP contribution in [0.5, 0.6) is 0 Å². The number of carbonyl (C=O) groups excluding carboxylic acids is 1. The molecule has 0 spiro atoms. The molecule has 0 bridgehead atoms. The Morgan fingerprint density at radius 2 is 2.13 bits per heavy atom. The molecule has 0 aliphatic heterocycles. The predicted molar refractivity (Wildman–Crippen MR) is 91.8 cm³/mol. The number of nitrogens with two attached hydrogens (primary N) is 1.